The molecular formula is C25H38N4O2. The highest BCUT2D eigenvalue weighted by Crippen LogP contribution is 2.47. The predicted octanol–water partition coefficient (Wildman–Crippen LogP) is 2.87. The third-order valence-electron chi connectivity index (χ3n) is 8.51. The standard InChI is InChI=1S/C25H38N4O2/c1-29(2)25(19-9-4-3-5-10-19)15-13-24(14-16-25)17-21(27-28-24)20(22(30)23(26)31)12-11-18-7-6-8-18/h3-5,9-10,18,20-21,27-28H,6-8,11-17H2,1-2H3,(H2,26,31)/t20?,21-,24?,25?/m0/s1. The van der Waals surface area contributed by atoms with Crippen LogP contribution < -0.4 is 16.6 Å². The predicted molar refractivity (Wildman–Crippen MR) is 122 cm³/mol. The topological polar surface area (TPSA) is 87.5 Å². The van der Waals surface area contributed by atoms with E-state index in [0.29, 0.717) is 5.92 Å². The summed E-state index contributed by atoms with van der Waals surface area (Å²) >= 11 is 0. The van der Waals surface area contributed by atoms with E-state index in [4.69, 9.17) is 5.73 Å². The van der Waals surface area contributed by atoms with E-state index >= 15 is 0 Å². The number of Topliss-reactive ketones (excluding diaryl/α,β-unsaturated/α-hetero) is 1. The first-order valence-electron chi connectivity index (χ1n) is 11.9. The first-order chi connectivity index (χ1) is 14.9. The van der Waals surface area contributed by atoms with Crippen LogP contribution in [0.15, 0.2) is 30.3 Å². The molecule has 1 saturated heterocycles. The Hall–Kier alpha value is -1.76. The van der Waals surface area contributed by atoms with Crippen LogP contribution in [0.3, 0.4) is 0 Å². The van der Waals surface area contributed by atoms with Gasteiger partial charge in [-0.2, -0.15) is 0 Å². The Morgan fingerprint density at radius 3 is 2.35 bits per heavy atom. The van der Waals surface area contributed by atoms with Crippen LogP contribution >= 0.6 is 0 Å². The van der Waals surface area contributed by atoms with E-state index in [1.165, 1.54) is 24.8 Å². The second-order valence-electron chi connectivity index (χ2n) is 10.4. The lowest BCUT2D eigenvalue weighted by atomic mass is 9.67. The average Bonchev–Trinajstić information content (AvgIpc) is 3.14. The fraction of sp³-hybridized carbons (Fsp3) is 0.680. The summed E-state index contributed by atoms with van der Waals surface area (Å²) in [5.41, 5.74) is 13.8. The first-order valence-corrected chi connectivity index (χ1v) is 11.9. The number of ketones is 1. The summed E-state index contributed by atoms with van der Waals surface area (Å²) < 4.78 is 0. The molecule has 1 unspecified atom stereocenters. The third kappa shape index (κ3) is 4.43. The summed E-state index contributed by atoms with van der Waals surface area (Å²) in [6.07, 6.45) is 10.6. The number of nitrogens with one attached hydrogen (secondary N) is 2. The molecule has 2 atom stereocenters. The summed E-state index contributed by atoms with van der Waals surface area (Å²) in [4.78, 5) is 26.7. The Labute approximate surface area is 186 Å². The zero-order chi connectivity index (χ0) is 22.1. The number of amides is 1. The molecule has 170 valence electrons. The van der Waals surface area contributed by atoms with Gasteiger partial charge >= 0.3 is 0 Å². The van der Waals surface area contributed by atoms with Crippen molar-refractivity contribution in [2.45, 2.75) is 81.3 Å². The number of benzene rings is 1. The fourth-order valence-electron chi connectivity index (χ4n) is 6.12. The molecule has 4 N–H and O–H groups in total. The molecule has 2 saturated carbocycles. The maximum absolute atomic E-state index is 12.6. The van der Waals surface area contributed by atoms with Crippen molar-refractivity contribution in [3.8, 4) is 0 Å². The lowest BCUT2D eigenvalue weighted by Gasteiger charge is -2.49. The first kappa shape index (κ1) is 22.4. The minimum absolute atomic E-state index is 0.0222. The Morgan fingerprint density at radius 2 is 1.81 bits per heavy atom. The van der Waals surface area contributed by atoms with E-state index in [1.54, 1.807) is 0 Å². The highest BCUT2D eigenvalue weighted by atomic mass is 16.2. The van der Waals surface area contributed by atoms with Crippen LogP contribution in [0.1, 0.15) is 69.8 Å². The van der Waals surface area contributed by atoms with Crippen molar-refractivity contribution < 1.29 is 9.59 Å². The van der Waals surface area contributed by atoms with Gasteiger partial charge in [-0.25, -0.2) is 0 Å². The normalized spacial score (nSPS) is 32.2. The zero-order valence-corrected chi connectivity index (χ0v) is 19.0. The van der Waals surface area contributed by atoms with Crippen LogP contribution in [-0.4, -0.2) is 42.3 Å². The van der Waals surface area contributed by atoms with E-state index in [1.807, 2.05) is 0 Å². The van der Waals surface area contributed by atoms with Gasteiger partial charge in [-0.3, -0.25) is 25.3 Å². The van der Waals surface area contributed by atoms with Crippen molar-refractivity contribution in [1.82, 2.24) is 15.8 Å². The molecule has 0 radical (unpaired) electrons. The minimum atomic E-state index is -0.791. The highest BCUT2D eigenvalue weighted by molar-refractivity contribution is 6.36. The van der Waals surface area contributed by atoms with Crippen molar-refractivity contribution in [3.63, 3.8) is 0 Å². The van der Waals surface area contributed by atoms with Crippen LogP contribution in [0, 0.1) is 11.8 Å². The quantitative estimate of drug-likeness (QED) is 0.557. The van der Waals surface area contributed by atoms with Gasteiger partial charge in [0, 0.05) is 23.0 Å². The third-order valence-corrected chi connectivity index (χ3v) is 8.51. The number of primary amides is 1. The van der Waals surface area contributed by atoms with E-state index in [0.717, 1.165) is 44.9 Å². The van der Waals surface area contributed by atoms with Gasteiger partial charge in [-0.15, -0.1) is 0 Å². The van der Waals surface area contributed by atoms with Crippen LogP contribution in [0.2, 0.25) is 0 Å². The second-order valence-corrected chi connectivity index (χ2v) is 10.4. The van der Waals surface area contributed by atoms with Crippen molar-refractivity contribution in [1.29, 1.82) is 0 Å². The van der Waals surface area contributed by atoms with Crippen LogP contribution in [0.25, 0.3) is 0 Å². The summed E-state index contributed by atoms with van der Waals surface area (Å²) in [6.45, 7) is 0. The Morgan fingerprint density at radius 1 is 1.13 bits per heavy atom. The van der Waals surface area contributed by atoms with Gasteiger partial charge in [-0.05, 0) is 70.5 Å². The van der Waals surface area contributed by atoms with E-state index in [2.05, 4.69) is 60.2 Å². The molecule has 31 heavy (non-hydrogen) atoms. The monoisotopic (exact) mass is 426 g/mol. The summed E-state index contributed by atoms with van der Waals surface area (Å²) in [7, 11) is 4.35. The van der Waals surface area contributed by atoms with Crippen molar-refractivity contribution in [3.05, 3.63) is 35.9 Å². The number of hydrogen-bond donors (Lipinski definition) is 3. The van der Waals surface area contributed by atoms with Gasteiger partial charge in [0.05, 0.1) is 0 Å². The van der Waals surface area contributed by atoms with Crippen molar-refractivity contribution in [2.24, 2.45) is 17.6 Å². The molecule has 3 aliphatic rings. The van der Waals surface area contributed by atoms with E-state index in [9.17, 15) is 9.59 Å². The smallest absolute Gasteiger partial charge is 0.285 e. The van der Waals surface area contributed by atoms with Crippen LogP contribution in [-0.2, 0) is 15.1 Å². The maximum atomic E-state index is 12.6. The van der Waals surface area contributed by atoms with Crippen LogP contribution in [0.5, 0.6) is 0 Å². The van der Waals surface area contributed by atoms with Gasteiger partial charge in [0.15, 0.2) is 0 Å². The summed E-state index contributed by atoms with van der Waals surface area (Å²) in [5.74, 6) is -0.800. The number of hydrogen-bond acceptors (Lipinski definition) is 5. The zero-order valence-electron chi connectivity index (χ0n) is 19.0. The molecule has 1 aromatic carbocycles. The van der Waals surface area contributed by atoms with Crippen molar-refractivity contribution in [2.75, 3.05) is 14.1 Å². The molecule has 1 heterocycles. The number of carbonyl (C=O) groups is 2. The molecule has 3 fully saturated rings. The minimum Gasteiger partial charge on any atom is -0.363 e. The van der Waals surface area contributed by atoms with Gasteiger partial charge in [0.25, 0.3) is 5.91 Å². The molecule has 0 aromatic heterocycles. The molecular weight excluding hydrogens is 388 g/mol. The molecule has 4 rings (SSSR count). The second kappa shape index (κ2) is 9.00. The largest absolute Gasteiger partial charge is 0.363 e. The number of rotatable bonds is 8. The Balaban J connectivity index is 1.44. The molecule has 1 aromatic rings. The molecule has 6 nitrogen and oxygen atoms in total. The van der Waals surface area contributed by atoms with Crippen molar-refractivity contribution >= 4 is 11.7 Å². The Kier molecular flexibility index (Phi) is 6.52. The van der Waals surface area contributed by atoms with Gasteiger partial charge in [0.1, 0.15) is 0 Å². The van der Waals surface area contributed by atoms with Crippen LogP contribution in [0.4, 0.5) is 0 Å². The lowest BCUT2D eigenvalue weighted by molar-refractivity contribution is -0.139. The summed E-state index contributed by atoms with van der Waals surface area (Å²) in [5, 5.41) is 0. The number of nitrogens with zero attached hydrogens (tertiary/aromatic N) is 1. The van der Waals surface area contributed by atoms with Gasteiger partial charge in [0.2, 0.25) is 5.78 Å². The lowest BCUT2D eigenvalue weighted by Crippen LogP contribution is -2.53. The number of nitrogens with two attached hydrogens (primary N) is 1. The van der Waals surface area contributed by atoms with E-state index in [-0.39, 0.29) is 23.0 Å². The molecule has 1 aliphatic heterocycles. The molecule has 1 amide bonds. The fourth-order valence-corrected chi connectivity index (χ4v) is 6.12. The molecule has 2 aliphatic carbocycles. The highest BCUT2D eigenvalue weighted by Gasteiger charge is 2.50. The van der Waals surface area contributed by atoms with E-state index < -0.39 is 11.7 Å². The van der Waals surface area contributed by atoms with Gasteiger partial charge in [-0.1, -0.05) is 49.6 Å². The number of hydrazine groups is 1. The summed E-state index contributed by atoms with van der Waals surface area (Å²) in [6, 6.07) is 10.8. The average molecular weight is 427 g/mol. The van der Waals surface area contributed by atoms with Gasteiger partial charge < -0.3 is 5.73 Å². The number of carbonyl (C=O) groups excluding carboxylic acids is 2. The SMILES string of the molecule is CN(C)C1(c2ccccc2)CCC2(CC1)C[C@@H](C(CCC1CCC1)C(=O)C(N)=O)NN2. The molecule has 6 heteroatoms. The molecule has 1 spiro atoms. The maximum Gasteiger partial charge on any atom is 0.285 e. The Bertz CT molecular complexity index is 782. The molecule has 0 bridgehead atoms.